The summed E-state index contributed by atoms with van der Waals surface area (Å²) < 4.78 is 0. The molecule has 3 atom stereocenters. The number of hydrogen-bond acceptors (Lipinski definition) is 4. The van der Waals surface area contributed by atoms with E-state index in [9.17, 15) is 9.90 Å². The van der Waals surface area contributed by atoms with Gasteiger partial charge >= 0.3 is 5.97 Å². The van der Waals surface area contributed by atoms with Crippen LogP contribution in [0.4, 0.5) is 0 Å². The molecule has 3 unspecified atom stereocenters. The third-order valence-electron chi connectivity index (χ3n) is 4.45. The van der Waals surface area contributed by atoms with E-state index in [-0.39, 0.29) is 21.3 Å². The van der Waals surface area contributed by atoms with Gasteiger partial charge in [0.2, 0.25) is 0 Å². The molecule has 0 aliphatic carbocycles. The first kappa shape index (κ1) is 23.2. The molecule has 0 aromatic heterocycles. The van der Waals surface area contributed by atoms with Crippen molar-refractivity contribution in [2.24, 2.45) is 0 Å². The second-order valence-electron chi connectivity index (χ2n) is 9.01. The number of carboxylic acid groups (broad SMARTS) is 1. The lowest BCUT2D eigenvalue weighted by Gasteiger charge is -2.29. The summed E-state index contributed by atoms with van der Waals surface area (Å²) in [5, 5.41) is 20.0. The molecule has 0 aliphatic heterocycles. The van der Waals surface area contributed by atoms with Crippen molar-refractivity contribution in [2.75, 3.05) is 0 Å². The molecule has 0 saturated carbocycles. The lowest BCUT2D eigenvalue weighted by Crippen LogP contribution is -2.21. The molecule has 0 aliphatic rings. The van der Waals surface area contributed by atoms with E-state index in [0.29, 0.717) is 5.75 Å². The van der Waals surface area contributed by atoms with E-state index in [4.69, 9.17) is 5.11 Å². The first-order valence-corrected chi connectivity index (χ1v) is 10.9. The Bertz CT molecular complexity index is 607. The van der Waals surface area contributed by atoms with Crippen LogP contribution in [0.2, 0.25) is 0 Å². The van der Waals surface area contributed by atoms with Crippen molar-refractivity contribution in [3.63, 3.8) is 0 Å². The fourth-order valence-electron chi connectivity index (χ4n) is 2.62. The number of carbonyl (C=O) groups is 1. The SMILES string of the molecule is CC(SC(C)C(C)Sc1cc(C(C)(C)C)c(O)c(C(C)(C)C)c1)C(=O)O. The van der Waals surface area contributed by atoms with Crippen LogP contribution in [-0.4, -0.2) is 31.9 Å². The van der Waals surface area contributed by atoms with Crippen LogP contribution in [0.5, 0.6) is 5.75 Å². The zero-order chi connectivity index (χ0) is 20.4. The molecular formula is C21H34O3S2. The fraction of sp³-hybridized carbons (Fsp3) is 0.667. The maximum atomic E-state index is 11.1. The zero-order valence-electron chi connectivity index (χ0n) is 17.5. The largest absolute Gasteiger partial charge is 0.507 e. The lowest BCUT2D eigenvalue weighted by molar-refractivity contribution is -0.136. The summed E-state index contributed by atoms with van der Waals surface area (Å²) in [6.07, 6.45) is 0. The van der Waals surface area contributed by atoms with Gasteiger partial charge in [-0.2, -0.15) is 0 Å². The Morgan fingerprint density at radius 1 is 0.923 bits per heavy atom. The van der Waals surface area contributed by atoms with Gasteiger partial charge in [-0.15, -0.1) is 23.5 Å². The molecule has 0 bridgehead atoms. The molecule has 1 aromatic rings. The van der Waals surface area contributed by atoms with Crippen LogP contribution < -0.4 is 0 Å². The maximum absolute atomic E-state index is 11.1. The first-order chi connectivity index (χ1) is 11.6. The molecule has 0 radical (unpaired) electrons. The number of aliphatic carboxylic acids is 1. The summed E-state index contributed by atoms with van der Waals surface area (Å²) in [6, 6.07) is 4.17. The zero-order valence-corrected chi connectivity index (χ0v) is 19.1. The monoisotopic (exact) mass is 398 g/mol. The molecule has 2 N–H and O–H groups in total. The van der Waals surface area contributed by atoms with Gasteiger partial charge in [0.25, 0.3) is 0 Å². The Morgan fingerprint density at radius 2 is 1.35 bits per heavy atom. The van der Waals surface area contributed by atoms with E-state index in [1.165, 1.54) is 11.8 Å². The van der Waals surface area contributed by atoms with Crippen LogP contribution in [-0.2, 0) is 15.6 Å². The van der Waals surface area contributed by atoms with Gasteiger partial charge in [-0.3, -0.25) is 4.79 Å². The first-order valence-electron chi connectivity index (χ1n) is 9.07. The van der Waals surface area contributed by atoms with Crippen molar-refractivity contribution < 1.29 is 15.0 Å². The van der Waals surface area contributed by atoms with Gasteiger partial charge < -0.3 is 10.2 Å². The van der Waals surface area contributed by atoms with Crippen LogP contribution in [0.3, 0.4) is 0 Å². The predicted octanol–water partition coefficient (Wildman–Crippen LogP) is 6.06. The molecule has 1 rings (SSSR count). The van der Waals surface area contributed by atoms with E-state index < -0.39 is 11.2 Å². The van der Waals surface area contributed by atoms with Crippen LogP contribution in [0.15, 0.2) is 17.0 Å². The third-order valence-corrected chi connectivity index (χ3v) is 7.36. The van der Waals surface area contributed by atoms with E-state index in [2.05, 4.69) is 67.5 Å². The molecule has 5 heteroatoms. The highest BCUT2D eigenvalue weighted by atomic mass is 32.2. The third kappa shape index (κ3) is 6.12. The molecule has 1 aromatic carbocycles. The van der Waals surface area contributed by atoms with E-state index in [0.717, 1.165) is 16.0 Å². The van der Waals surface area contributed by atoms with Gasteiger partial charge in [0, 0.05) is 26.5 Å². The summed E-state index contributed by atoms with van der Waals surface area (Å²) in [6.45, 7) is 18.6. The highest BCUT2D eigenvalue weighted by molar-refractivity contribution is 8.04. The van der Waals surface area contributed by atoms with Gasteiger partial charge in [0.1, 0.15) is 5.75 Å². The van der Waals surface area contributed by atoms with Crippen LogP contribution in [0, 0.1) is 0 Å². The summed E-state index contributed by atoms with van der Waals surface area (Å²) in [4.78, 5) is 12.2. The number of benzene rings is 1. The smallest absolute Gasteiger partial charge is 0.316 e. The van der Waals surface area contributed by atoms with E-state index in [1.54, 1.807) is 18.7 Å². The number of hydrogen-bond donors (Lipinski definition) is 2. The Hall–Kier alpha value is -0.810. The van der Waals surface area contributed by atoms with E-state index >= 15 is 0 Å². The van der Waals surface area contributed by atoms with Crippen molar-refractivity contribution >= 4 is 29.5 Å². The number of carboxylic acids is 1. The topological polar surface area (TPSA) is 57.5 Å². The molecule has 0 spiro atoms. The van der Waals surface area contributed by atoms with Crippen LogP contribution in [0.25, 0.3) is 0 Å². The number of phenols is 1. The standard InChI is InChI=1S/C21H34O3S2/c1-12(25-14(3)19(23)24)13(2)26-15-10-16(20(4,5)6)18(22)17(11-15)21(7,8)9/h10-14,22H,1-9H3,(H,23,24). The second-order valence-corrected chi connectivity index (χ2v) is 12.2. The van der Waals surface area contributed by atoms with Crippen LogP contribution >= 0.6 is 23.5 Å². The van der Waals surface area contributed by atoms with Gasteiger partial charge in [-0.1, -0.05) is 55.4 Å². The summed E-state index contributed by atoms with van der Waals surface area (Å²) in [7, 11) is 0. The maximum Gasteiger partial charge on any atom is 0.316 e. The highest BCUT2D eigenvalue weighted by Gasteiger charge is 2.28. The Balaban J connectivity index is 3.18. The molecule has 0 saturated heterocycles. The molecule has 3 nitrogen and oxygen atoms in total. The molecule has 26 heavy (non-hydrogen) atoms. The van der Waals surface area contributed by atoms with E-state index in [1.807, 2.05) is 0 Å². The van der Waals surface area contributed by atoms with Crippen molar-refractivity contribution in [3.05, 3.63) is 23.3 Å². The minimum Gasteiger partial charge on any atom is -0.507 e. The number of thioether (sulfide) groups is 2. The van der Waals surface area contributed by atoms with Gasteiger partial charge in [-0.05, 0) is 29.9 Å². The van der Waals surface area contributed by atoms with Crippen molar-refractivity contribution in [2.45, 2.75) is 93.8 Å². The highest BCUT2D eigenvalue weighted by Crippen LogP contribution is 2.43. The van der Waals surface area contributed by atoms with Crippen molar-refractivity contribution in [1.29, 1.82) is 0 Å². The average molecular weight is 399 g/mol. The number of rotatable bonds is 6. The number of phenolic OH excluding ortho intramolecular Hbond substituents is 1. The molecular weight excluding hydrogens is 364 g/mol. The number of aromatic hydroxyl groups is 1. The van der Waals surface area contributed by atoms with Crippen molar-refractivity contribution in [3.8, 4) is 5.75 Å². The Morgan fingerprint density at radius 3 is 1.69 bits per heavy atom. The fourth-order valence-corrected chi connectivity index (χ4v) is 4.95. The Labute approximate surface area is 167 Å². The lowest BCUT2D eigenvalue weighted by atomic mass is 9.79. The Kier molecular flexibility index (Phi) is 7.57. The normalized spacial score (nSPS) is 16.2. The quantitative estimate of drug-likeness (QED) is 0.570. The second kappa shape index (κ2) is 8.47. The summed E-state index contributed by atoms with van der Waals surface area (Å²) >= 11 is 3.24. The molecule has 0 fully saturated rings. The summed E-state index contributed by atoms with van der Waals surface area (Å²) in [5.74, 6) is -0.377. The minimum absolute atomic E-state index is 0.151. The van der Waals surface area contributed by atoms with Gasteiger partial charge in [0.15, 0.2) is 0 Å². The predicted molar refractivity (Wildman–Crippen MR) is 115 cm³/mol. The van der Waals surface area contributed by atoms with Crippen LogP contribution in [0.1, 0.15) is 73.4 Å². The minimum atomic E-state index is -0.770. The van der Waals surface area contributed by atoms with Gasteiger partial charge in [-0.25, -0.2) is 0 Å². The molecule has 148 valence electrons. The van der Waals surface area contributed by atoms with Gasteiger partial charge in [0.05, 0.1) is 5.25 Å². The average Bonchev–Trinajstić information content (AvgIpc) is 2.46. The molecule has 0 amide bonds. The van der Waals surface area contributed by atoms with Crippen molar-refractivity contribution in [1.82, 2.24) is 0 Å². The summed E-state index contributed by atoms with van der Waals surface area (Å²) in [5.41, 5.74) is 1.61. The molecule has 0 heterocycles.